The summed E-state index contributed by atoms with van der Waals surface area (Å²) in [5, 5.41) is 25.0. The third-order valence-corrected chi connectivity index (χ3v) is 14.7. The molecule has 2 fully saturated rings. The lowest BCUT2D eigenvalue weighted by Crippen LogP contribution is -2.62. The molecule has 0 spiro atoms. The third-order valence-electron chi connectivity index (χ3n) is 14.7. The van der Waals surface area contributed by atoms with E-state index in [1.807, 2.05) is 27.7 Å². The fourth-order valence-corrected chi connectivity index (χ4v) is 10.2. The zero-order valence-electron chi connectivity index (χ0n) is 51.3. The Morgan fingerprint density at radius 3 is 1.28 bits per heavy atom. The second-order valence-electron chi connectivity index (χ2n) is 23.8. The van der Waals surface area contributed by atoms with Gasteiger partial charge in [-0.15, -0.1) is 0 Å². The van der Waals surface area contributed by atoms with Crippen molar-refractivity contribution in [3.8, 4) is 0 Å². The molecule has 2 saturated heterocycles. The largest absolute Gasteiger partial charge is 0.370 e. The van der Waals surface area contributed by atoms with E-state index in [4.69, 9.17) is 22.9 Å². The van der Waals surface area contributed by atoms with Crippen LogP contribution in [0.25, 0.3) is 0 Å². The number of aliphatic imine (C=N–C) groups is 2. The molecule has 474 valence electrons. The molecule has 0 aliphatic carbocycles. The van der Waals surface area contributed by atoms with Gasteiger partial charge < -0.3 is 75.7 Å². The topological polar surface area (TPSA) is 411 Å². The van der Waals surface area contributed by atoms with Gasteiger partial charge in [-0.05, 0) is 93.1 Å². The zero-order chi connectivity index (χ0) is 63.8. The quantitative estimate of drug-likeness (QED) is 0.0503. The first-order valence-corrected chi connectivity index (χ1v) is 29.9. The summed E-state index contributed by atoms with van der Waals surface area (Å²) in [6.45, 7) is 15.8. The Morgan fingerprint density at radius 1 is 0.465 bits per heavy atom. The van der Waals surface area contributed by atoms with E-state index in [9.17, 15) is 47.9 Å². The molecule has 0 unspecified atom stereocenters. The van der Waals surface area contributed by atoms with E-state index in [-0.39, 0.29) is 101 Å². The first-order valence-electron chi connectivity index (χ1n) is 29.9. The predicted octanol–water partition coefficient (Wildman–Crippen LogP) is -0.629. The molecule has 0 radical (unpaired) electrons. The summed E-state index contributed by atoms with van der Waals surface area (Å²) in [5.41, 5.74) is 23.7. The summed E-state index contributed by atoms with van der Waals surface area (Å²) in [5.74, 6) is -9.20. The molecule has 26 nitrogen and oxygen atoms in total. The summed E-state index contributed by atoms with van der Waals surface area (Å²) in [6.07, 6.45) is 1.05. The first-order chi connectivity index (χ1) is 40.6. The number of benzene rings is 2. The molecule has 2 aromatic carbocycles. The number of carbonyl (C=O) groups excluding carboxylic acids is 10. The van der Waals surface area contributed by atoms with Crippen LogP contribution in [0, 0.1) is 23.7 Å². The van der Waals surface area contributed by atoms with Gasteiger partial charge in [0.25, 0.3) is 0 Å². The van der Waals surface area contributed by atoms with E-state index in [2.05, 4.69) is 57.8 Å². The van der Waals surface area contributed by atoms with Gasteiger partial charge in [-0.25, -0.2) is 0 Å². The number of carbonyl (C=O) groups is 10. The summed E-state index contributed by atoms with van der Waals surface area (Å²) in [4.78, 5) is 155. The molecule has 0 bridgehead atoms. The average molecular weight is 1200 g/mol. The fraction of sp³-hybridized carbons (Fsp3) is 0.600. The lowest BCUT2D eigenvalue weighted by Gasteiger charge is -2.32. The number of amides is 10. The summed E-state index contributed by atoms with van der Waals surface area (Å²) in [7, 11) is 0. The SMILES string of the molecule is CC(C)C[C@@H]1NC(=O)[C@H](CCCN=C(N)N)NC(=O)[C@H](C(C)C)NC(=O)[C@H](CC(C)C)NC(=O)[C@@H](Cc2ccccc2)NC(=O)[C@H](C)NC(=O)[C@H](CCCN=C(N)N)NC(=O)[C@H](C(C)C)NC(=O)[C@@H]2CCCN2C(=O)[C@@H](Cc2ccccc2)NC1=O. The van der Waals surface area contributed by atoms with E-state index in [0.29, 0.717) is 17.5 Å². The van der Waals surface area contributed by atoms with Crippen molar-refractivity contribution in [2.75, 3.05) is 19.6 Å². The Morgan fingerprint density at radius 2 is 0.837 bits per heavy atom. The number of fused-ring (bicyclic) bond motifs is 1. The smallest absolute Gasteiger partial charge is 0.246 e. The molecule has 2 heterocycles. The van der Waals surface area contributed by atoms with E-state index < -0.39 is 131 Å². The van der Waals surface area contributed by atoms with E-state index in [0.717, 1.165) is 0 Å². The molecule has 4 rings (SSSR count). The number of hydrogen-bond donors (Lipinski definition) is 13. The van der Waals surface area contributed by atoms with Crippen LogP contribution in [-0.2, 0) is 60.8 Å². The van der Waals surface area contributed by atoms with Gasteiger partial charge in [0.2, 0.25) is 59.1 Å². The standard InChI is InChI=1S/C60H94N16O10/c1-33(2)29-42-52(80)73-45(32-39-21-14-11-15-22-39)58(86)76-28-18-25-46(76)55(83)75-48(36(7)8)57(85)68-40(23-16-26-65-59(61)62)50(78)67-37(9)49(77)70-44(31-38-19-12-10-13-20-38)53(81)72-43(30-34(3)4)54(82)74-47(35(5)6)56(84)69-41(51(79)71-42)24-17-27-66-60(63)64/h10-15,19-22,33-37,40-48H,16-18,23-32H2,1-9H3,(H,67,78)(H,68,85)(H,69,84)(H,70,77)(H,71,79)(H,72,81)(H,73,80)(H,74,82)(H,75,83)(H4,61,62,65)(H4,63,64,66)/t37-,40-,41-,42-,43-,44+,45+,46-,47-,48-/m0/s1. The zero-order valence-corrected chi connectivity index (χ0v) is 51.3. The van der Waals surface area contributed by atoms with Crippen molar-refractivity contribution in [1.29, 1.82) is 0 Å². The summed E-state index contributed by atoms with van der Waals surface area (Å²) in [6, 6.07) is 5.04. The van der Waals surface area contributed by atoms with Crippen LogP contribution in [0.5, 0.6) is 0 Å². The maximum absolute atomic E-state index is 15.0. The molecule has 2 aliphatic rings. The second-order valence-corrected chi connectivity index (χ2v) is 23.8. The van der Waals surface area contributed by atoms with Crippen molar-refractivity contribution >= 4 is 71.0 Å². The van der Waals surface area contributed by atoms with Crippen LogP contribution in [-0.4, -0.2) is 156 Å². The number of rotatable bonds is 18. The predicted molar refractivity (Wildman–Crippen MR) is 326 cm³/mol. The maximum atomic E-state index is 15.0. The van der Waals surface area contributed by atoms with Crippen LogP contribution < -0.4 is 70.8 Å². The minimum Gasteiger partial charge on any atom is -0.370 e. The van der Waals surface area contributed by atoms with Crippen LogP contribution in [0.1, 0.15) is 125 Å². The van der Waals surface area contributed by atoms with Crippen LogP contribution in [0.15, 0.2) is 70.6 Å². The molecule has 10 amide bonds. The number of nitrogens with zero attached hydrogens (tertiary/aromatic N) is 3. The van der Waals surface area contributed by atoms with Crippen LogP contribution in [0.4, 0.5) is 0 Å². The van der Waals surface area contributed by atoms with Gasteiger partial charge >= 0.3 is 0 Å². The Bertz CT molecular complexity index is 2680. The fourth-order valence-electron chi connectivity index (χ4n) is 10.2. The van der Waals surface area contributed by atoms with Crippen molar-refractivity contribution in [2.24, 2.45) is 56.6 Å². The highest BCUT2D eigenvalue weighted by molar-refractivity contribution is 6.00. The molecule has 0 saturated carbocycles. The number of nitrogens with two attached hydrogens (primary N) is 4. The minimum absolute atomic E-state index is 0.00963. The lowest BCUT2D eigenvalue weighted by atomic mass is 9.98. The van der Waals surface area contributed by atoms with Gasteiger partial charge in [0.05, 0.1) is 0 Å². The monoisotopic (exact) mass is 1200 g/mol. The molecular weight excluding hydrogens is 1100 g/mol. The molecule has 17 N–H and O–H groups in total. The normalized spacial score (nSPS) is 24.9. The Hall–Kier alpha value is -8.32. The van der Waals surface area contributed by atoms with Crippen molar-refractivity contribution in [3.63, 3.8) is 0 Å². The lowest BCUT2D eigenvalue weighted by molar-refractivity contribution is -0.143. The van der Waals surface area contributed by atoms with Gasteiger partial charge in [0.15, 0.2) is 11.9 Å². The summed E-state index contributed by atoms with van der Waals surface area (Å²) >= 11 is 0. The molecule has 2 aliphatic heterocycles. The highest BCUT2D eigenvalue weighted by Crippen LogP contribution is 2.22. The van der Waals surface area contributed by atoms with Crippen LogP contribution >= 0.6 is 0 Å². The van der Waals surface area contributed by atoms with Gasteiger partial charge in [-0.3, -0.25) is 57.9 Å². The van der Waals surface area contributed by atoms with Crippen LogP contribution in [0.3, 0.4) is 0 Å². The van der Waals surface area contributed by atoms with Gasteiger partial charge in [-0.1, -0.05) is 116 Å². The van der Waals surface area contributed by atoms with Gasteiger partial charge in [0, 0.05) is 32.5 Å². The highest BCUT2D eigenvalue weighted by Gasteiger charge is 2.42. The second kappa shape index (κ2) is 34.6. The van der Waals surface area contributed by atoms with E-state index in [1.165, 1.54) is 11.8 Å². The maximum Gasteiger partial charge on any atom is 0.246 e. The molecular formula is C60H94N16O10. The molecule has 26 heteroatoms. The minimum atomic E-state index is -1.32. The van der Waals surface area contributed by atoms with Crippen molar-refractivity contribution in [1.82, 2.24) is 52.8 Å². The van der Waals surface area contributed by atoms with E-state index >= 15 is 0 Å². The number of nitrogens with one attached hydrogen (secondary N) is 9. The van der Waals surface area contributed by atoms with Gasteiger partial charge in [0.1, 0.15) is 60.4 Å². The highest BCUT2D eigenvalue weighted by atomic mass is 16.2. The van der Waals surface area contributed by atoms with E-state index in [1.54, 1.807) is 88.4 Å². The Kier molecular flexibility index (Phi) is 28.2. The third kappa shape index (κ3) is 22.9. The number of hydrogen-bond acceptors (Lipinski definition) is 12. The number of guanidine groups is 2. The van der Waals surface area contributed by atoms with Crippen molar-refractivity contribution in [3.05, 3.63) is 71.8 Å². The van der Waals surface area contributed by atoms with Gasteiger partial charge in [-0.2, -0.15) is 0 Å². The summed E-state index contributed by atoms with van der Waals surface area (Å²) < 4.78 is 0. The Balaban J connectivity index is 1.86. The van der Waals surface area contributed by atoms with Crippen molar-refractivity contribution < 1.29 is 47.9 Å². The first kappa shape index (κ1) is 70.2. The van der Waals surface area contributed by atoms with Crippen molar-refractivity contribution in [2.45, 2.75) is 187 Å². The Labute approximate surface area is 504 Å². The molecule has 10 atom stereocenters. The van der Waals surface area contributed by atoms with Crippen LogP contribution in [0.2, 0.25) is 0 Å². The molecule has 2 aromatic rings. The molecule has 0 aromatic heterocycles. The average Bonchev–Trinajstić information content (AvgIpc) is 2.75. The molecule has 86 heavy (non-hydrogen) atoms.